The van der Waals surface area contributed by atoms with Crippen molar-refractivity contribution >= 4 is 0 Å². The summed E-state index contributed by atoms with van der Waals surface area (Å²) in [6, 6.07) is 0.724. The van der Waals surface area contributed by atoms with Crippen LogP contribution in [0.4, 0.5) is 0 Å². The Morgan fingerprint density at radius 2 is 1.27 bits per heavy atom. The fourth-order valence-corrected chi connectivity index (χ4v) is 7.38. The molecule has 9 atom stereocenters. The third-order valence-corrected chi connectivity index (χ3v) is 8.52. The van der Waals surface area contributed by atoms with Crippen LogP contribution >= 0.6 is 0 Å². The number of fused-ring (bicyclic) bond motifs is 4. The molecule has 4 fully saturated rings. The van der Waals surface area contributed by atoms with Gasteiger partial charge in [0.2, 0.25) is 0 Å². The SMILES string of the molecule is CCOC1CC2CCN3CC4C(CCC(OCC)C4OCC)CC3C2CC1OCC. The van der Waals surface area contributed by atoms with Crippen LogP contribution in [0, 0.1) is 23.7 Å². The van der Waals surface area contributed by atoms with Crippen molar-refractivity contribution in [3.8, 4) is 0 Å². The van der Waals surface area contributed by atoms with Crippen molar-refractivity contribution in [2.24, 2.45) is 23.7 Å². The van der Waals surface area contributed by atoms with Gasteiger partial charge in [0, 0.05) is 44.9 Å². The van der Waals surface area contributed by atoms with E-state index in [0.29, 0.717) is 12.0 Å². The van der Waals surface area contributed by atoms with Gasteiger partial charge in [-0.1, -0.05) is 0 Å². The molecule has 4 aliphatic rings. The fraction of sp³-hybridized carbons (Fsp3) is 1.00. The van der Waals surface area contributed by atoms with E-state index in [0.717, 1.165) is 56.6 Å². The van der Waals surface area contributed by atoms with E-state index >= 15 is 0 Å². The van der Waals surface area contributed by atoms with Crippen LogP contribution in [0.3, 0.4) is 0 Å². The predicted molar refractivity (Wildman–Crippen MR) is 119 cm³/mol. The van der Waals surface area contributed by atoms with E-state index in [2.05, 4.69) is 32.6 Å². The van der Waals surface area contributed by atoms with Gasteiger partial charge >= 0.3 is 0 Å². The maximum Gasteiger partial charge on any atom is 0.0879 e. The molecule has 9 unspecified atom stereocenters. The minimum Gasteiger partial charge on any atom is -0.376 e. The fourth-order valence-electron chi connectivity index (χ4n) is 7.38. The third-order valence-electron chi connectivity index (χ3n) is 8.52. The number of hydrogen-bond acceptors (Lipinski definition) is 5. The molecule has 174 valence electrons. The Hall–Kier alpha value is -0.200. The second-order valence-electron chi connectivity index (χ2n) is 9.88. The van der Waals surface area contributed by atoms with E-state index in [1.54, 1.807) is 0 Å². The zero-order valence-corrected chi connectivity index (χ0v) is 19.8. The molecule has 2 aliphatic heterocycles. The molecule has 0 spiro atoms. The van der Waals surface area contributed by atoms with Gasteiger partial charge in [-0.25, -0.2) is 0 Å². The van der Waals surface area contributed by atoms with Crippen molar-refractivity contribution in [3.05, 3.63) is 0 Å². The number of hydrogen-bond donors (Lipinski definition) is 0. The van der Waals surface area contributed by atoms with E-state index in [1.165, 1.54) is 45.2 Å². The Morgan fingerprint density at radius 3 is 1.97 bits per heavy atom. The van der Waals surface area contributed by atoms with Crippen molar-refractivity contribution in [1.82, 2.24) is 4.90 Å². The topological polar surface area (TPSA) is 40.2 Å². The highest BCUT2D eigenvalue weighted by Crippen LogP contribution is 2.49. The maximum absolute atomic E-state index is 6.31. The highest BCUT2D eigenvalue weighted by Gasteiger charge is 2.52. The molecule has 0 N–H and O–H groups in total. The quantitative estimate of drug-likeness (QED) is 0.587. The minimum atomic E-state index is 0.275. The van der Waals surface area contributed by atoms with Crippen molar-refractivity contribution in [2.75, 3.05) is 39.5 Å². The molecule has 0 amide bonds. The Labute approximate surface area is 184 Å². The van der Waals surface area contributed by atoms with Crippen molar-refractivity contribution in [1.29, 1.82) is 0 Å². The van der Waals surface area contributed by atoms with Gasteiger partial charge in [-0.15, -0.1) is 0 Å². The molecule has 5 heteroatoms. The van der Waals surface area contributed by atoms with Crippen LogP contribution in [0.1, 0.15) is 66.2 Å². The summed E-state index contributed by atoms with van der Waals surface area (Å²) in [7, 11) is 0. The zero-order valence-electron chi connectivity index (χ0n) is 19.8. The monoisotopic (exact) mass is 423 g/mol. The standard InChI is InChI=1S/C25H45NO4/c1-5-27-22-10-9-17-13-21-19-15-24(29-7-3)23(28-6-2)14-18(19)11-12-26(21)16-20(17)25(22)30-8-4/h17-25H,5-16H2,1-4H3. The van der Waals surface area contributed by atoms with Gasteiger partial charge in [0.25, 0.3) is 0 Å². The summed E-state index contributed by atoms with van der Waals surface area (Å²) < 4.78 is 24.7. The van der Waals surface area contributed by atoms with E-state index < -0.39 is 0 Å². The van der Waals surface area contributed by atoms with E-state index in [-0.39, 0.29) is 18.3 Å². The summed E-state index contributed by atoms with van der Waals surface area (Å²) in [6.07, 6.45) is 8.62. The van der Waals surface area contributed by atoms with Crippen LogP contribution < -0.4 is 0 Å². The Morgan fingerprint density at radius 1 is 0.633 bits per heavy atom. The van der Waals surface area contributed by atoms with Gasteiger partial charge in [0.1, 0.15) is 0 Å². The van der Waals surface area contributed by atoms with Crippen LogP contribution in [-0.4, -0.2) is 74.9 Å². The van der Waals surface area contributed by atoms with Crippen LogP contribution in [0.25, 0.3) is 0 Å². The molecule has 2 heterocycles. The van der Waals surface area contributed by atoms with Gasteiger partial charge in [0.05, 0.1) is 24.4 Å². The molecule has 5 nitrogen and oxygen atoms in total. The van der Waals surface area contributed by atoms with E-state index in [9.17, 15) is 0 Å². The smallest absolute Gasteiger partial charge is 0.0879 e. The summed E-state index contributed by atoms with van der Waals surface area (Å²) in [5.41, 5.74) is 0. The second-order valence-corrected chi connectivity index (χ2v) is 9.88. The summed E-state index contributed by atoms with van der Waals surface area (Å²) >= 11 is 0. The molecular weight excluding hydrogens is 378 g/mol. The Kier molecular flexibility index (Phi) is 8.13. The first-order valence-corrected chi connectivity index (χ1v) is 12.9. The van der Waals surface area contributed by atoms with Gasteiger partial charge in [-0.05, 0) is 90.5 Å². The molecule has 30 heavy (non-hydrogen) atoms. The maximum atomic E-state index is 6.31. The van der Waals surface area contributed by atoms with E-state index in [1.807, 2.05) is 0 Å². The average molecular weight is 424 g/mol. The lowest BCUT2D eigenvalue weighted by Gasteiger charge is -2.57. The van der Waals surface area contributed by atoms with Gasteiger partial charge in [-0.2, -0.15) is 0 Å². The number of piperidine rings is 2. The van der Waals surface area contributed by atoms with E-state index in [4.69, 9.17) is 18.9 Å². The molecule has 2 saturated carbocycles. The van der Waals surface area contributed by atoms with Crippen LogP contribution in [0.5, 0.6) is 0 Å². The minimum absolute atomic E-state index is 0.275. The molecule has 0 aromatic heterocycles. The lowest BCUT2D eigenvalue weighted by atomic mass is 9.62. The largest absolute Gasteiger partial charge is 0.376 e. The van der Waals surface area contributed by atoms with Crippen LogP contribution in [-0.2, 0) is 18.9 Å². The molecular formula is C25H45NO4. The first kappa shape index (κ1) is 23.0. The molecule has 0 bridgehead atoms. The number of nitrogens with zero attached hydrogens (tertiary/aromatic N) is 1. The predicted octanol–water partition coefficient (Wildman–Crippen LogP) is 4.14. The van der Waals surface area contributed by atoms with Gasteiger partial charge in [0.15, 0.2) is 0 Å². The summed E-state index contributed by atoms with van der Waals surface area (Å²) in [6.45, 7) is 14.1. The highest BCUT2D eigenvalue weighted by atomic mass is 16.5. The van der Waals surface area contributed by atoms with Crippen LogP contribution in [0.15, 0.2) is 0 Å². The van der Waals surface area contributed by atoms with Gasteiger partial charge < -0.3 is 18.9 Å². The highest BCUT2D eigenvalue weighted by molar-refractivity contribution is 5.04. The zero-order chi connectivity index (χ0) is 21.1. The van der Waals surface area contributed by atoms with Gasteiger partial charge in [-0.3, -0.25) is 4.90 Å². The van der Waals surface area contributed by atoms with Crippen molar-refractivity contribution in [2.45, 2.75) is 96.7 Å². The average Bonchev–Trinajstić information content (AvgIpc) is 2.75. The molecule has 0 aromatic rings. The number of ether oxygens (including phenoxy) is 4. The first-order chi connectivity index (χ1) is 14.7. The Balaban J connectivity index is 1.47. The van der Waals surface area contributed by atoms with Crippen LogP contribution in [0.2, 0.25) is 0 Å². The molecule has 4 rings (SSSR count). The normalized spacial score (nSPS) is 44.2. The van der Waals surface area contributed by atoms with Crippen molar-refractivity contribution < 1.29 is 18.9 Å². The molecule has 2 aliphatic carbocycles. The second kappa shape index (κ2) is 10.6. The Bertz CT molecular complexity index is 527. The lowest BCUT2D eigenvalue weighted by Crippen LogP contribution is -2.62. The molecule has 0 aromatic carbocycles. The first-order valence-electron chi connectivity index (χ1n) is 12.9. The lowest BCUT2D eigenvalue weighted by molar-refractivity contribution is -0.171. The summed E-state index contributed by atoms with van der Waals surface area (Å²) in [4.78, 5) is 2.83. The molecule has 2 saturated heterocycles. The van der Waals surface area contributed by atoms with Crippen molar-refractivity contribution in [3.63, 3.8) is 0 Å². The molecule has 0 radical (unpaired) electrons. The number of rotatable bonds is 8. The third kappa shape index (κ3) is 4.61. The summed E-state index contributed by atoms with van der Waals surface area (Å²) in [5, 5.41) is 0. The summed E-state index contributed by atoms with van der Waals surface area (Å²) in [5.74, 6) is 2.99.